The quantitative estimate of drug-likeness (QED) is 0.864. The van der Waals surface area contributed by atoms with E-state index in [2.05, 4.69) is 39.8 Å². The molecule has 2 aromatic rings. The highest BCUT2D eigenvalue weighted by Gasteiger charge is 2.51. The van der Waals surface area contributed by atoms with Gasteiger partial charge in [0.15, 0.2) is 0 Å². The third-order valence-electron chi connectivity index (χ3n) is 4.27. The predicted octanol–water partition coefficient (Wildman–Crippen LogP) is 2.69. The molecule has 0 radical (unpaired) electrons. The van der Waals surface area contributed by atoms with E-state index in [0.717, 1.165) is 15.7 Å². The van der Waals surface area contributed by atoms with Crippen LogP contribution in [-0.2, 0) is 15.9 Å². The van der Waals surface area contributed by atoms with Gasteiger partial charge in [-0.1, -0.05) is 12.1 Å². The molecule has 1 aromatic heterocycles. The SMILES string of the molecule is CC1(C)OB(c2ccc3sc(CO)cc3c2)OC1(C)C. The summed E-state index contributed by atoms with van der Waals surface area (Å²) in [4.78, 5) is 0.978. The summed E-state index contributed by atoms with van der Waals surface area (Å²) in [5.41, 5.74) is 0.383. The molecule has 0 bridgehead atoms. The van der Waals surface area contributed by atoms with Gasteiger partial charge in [-0.2, -0.15) is 0 Å². The Morgan fingerprint density at radius 3 is 2.35 bits per heavy atom. The van der Waals surface area contributed by atoms with Crippen LogP contribution < -0.4 is 5.46 Å². The average Bonchev–Trinajstić information content (AvgIpc) is 2.87. The maximum atomic E-state index is 9.22. The molecule has 5 heteroatoms. The van der Waals surface area contributed by atoms with Crippen LogP contribution in [0.3, 0.4) is 0 Å². The molecule has 1 saturated heterocycles. The van der Waals surface area contributed by atoms with E-state index in [4.69, 9.17) is 9.31 Å². The smallest absolute Gasteiger partial charge is 0.399 e. The molecule has 0 aliphatic carbocycles. The third-order valence-corrected chi connectivity index (χ3v) is 5.37. The third kappa shape index (κ3) is 2.19. The van der Waals surface area contributed by atoms with Crippen LogP contribution in [0.2, 0.25) is 0 Å². The second-order valence-electron chi connectivity index (χ2n) is 6.26. The van der Waals surface area contributed by atoms with E-state index in [-0.39, 0.29) is 24.9 Å². The standard InChI is InChI=1S/C15H19BO3S/c1-14(2)15(3,4)19-16(18-14)11-5-6-13-10(7-11)8-12(9-17)20-13/h5-8,17H,9H2,1-4H3. The van der Waals surface area contributed by atoms with E-state index in [1.54, 1.807) is 11.3 Å². The lowest BCUT2D eigenvalue weighted by molar-refractivity contribution is 0.00578. The zero-order valence-corrected chi connectivity index (χ0v) is 13.1. The van der Waals surface area contributed by atoms with Crippen LogP contribution in [0.4, 0.5) is 0 Å². The zero-order chi connectivity index (χ0) is 14.5. The van der Waals surface area contributed by atoms with Crippen molar-refractivity contribution in [3.8, 4) is 0 Å². The summed E-state index contributed by atoms with van der Waals surface area (Å²) in [6, 6.07) is 8.23. The summed E-state index contributed by atoms with van der Waals surface area (Å²) in [5.74, 6) is 0. The lowest BCUT2D eigenvalue weighted by Crippen LogP contribution is -2.41. The number of fused-ring (bicyclic) bond motifs is 1. The second kappa shape index (κ2) is 4.56. The Morgan fingerprint density at radius 1 is 1.10 bits per heavy atom. The molecule has 1 aromatic carbocycles. The number of benzene rings is 1. The Bertz CT molecular complexity index is 632. The normalized spacial score (nSPS) is 20.8. The van der Waals surface area contributed by atoms with Gasteiger partial charge in [-0.3, -0.25) is 0 Å². The molecule has 0 unspecified atom stereocenters. The monoisotopic (exact) mass is 290 g/mol. The molecule has 0 spiro atoms. The number of hydrogen-bond donors (Lipinski definition) is 1. The molecule has 106 valence electrons. The van der Waals surface area contributed by atoms with Crippen molar-refractivity contribution in [1.82, 2.24) is 0 Å². The van der Waals surface area contributed by atoms with E-state index < -0.39 is 0 Å². The zero-order valence-electron chi connectivity index (χ0n) is 12.3. The average molecular weight is 290 g/mol. The van der Waals surface area contributed by atoms with E-state index in [0.29, 0.717) is 0 Å². The van der Waals surface area contributed by atoms with Gasteiger partial charge in [0.25, 0.3) is 0 Å². The number of aliphatic hydroxyl groups is 1. The van der Waals surface area contributed by atoms with Crippen LogP contribution >= 0.6 is 11.3 Å². The van der Waals surface area contributed by atoms with Crippen molar-refractivity contribution in [2.75, 3.05) is 0 Å². The topological polar surface area (TPSA) is 38.7 Å². The van der Waals surface area contributed by atoms with Crippen LogP contribution in [-0.4, -0.2) is 23.4 Å². The number of rotatable bonds is 2. The Morgan fingerprint density at radius 2 is 1.75 bits per heavy atom. The van der Waals surface area contributed by atoms with Gasteiger partial charge in [-0.15, -0.1) is 11.3 Å². The highest BCUT2D eigenvalue weighted by Crippen LogP contribution is 2.36. The first kappa shape index (κ1) is 14.1. The van der Waals surface area contributed by atoms with E-state index in [1.807, 2.05) is 12.1 Å². The molecule has 0 atom stereocenters. The van der Waals surface area contributed by atoms with Crippen molar-refractivity contribution < 1.29 is 14.4 Å². The maximum Gasteiger partial charge on any atom is 0.494 e. The highest BCUT2D eigenvalue weighted by atomic mass is 32.1. The van der Waals surface area contributed by atoms with Crippen LogP contribution in [0.1, 0.15) is 32.6 Å². The molecule has 2 heterocycles. The van der Waals surface area contributed by atoms with Gasteiger partial charge in [-0.05, 0) is 50.7 Å². The van der Waals surface area contributed by atoms with Gasteiger partial charge < -0.3 is 14.4 Å². The summed E-state index contributed by atoms with van der Waals surface area (Å²) in [6.45, 7) is 8.31. The maximum absolute atomic E-state index is 9.22. The Labute approximate surface area is 123 Å². The highest BCUT2D eigenvalue weighted by molar-refractivity contribution is 7.19. The number of aliphatic hydroxyl groups excluding tert-OH is 1. The molecular formula is C15H19BO3S. The second-order valence-corrected chi connectivity index (χ2v) is 7.42. The van der Waals surface area contributed by atoms with Crippen molar-refractivity contribution in [3.05, 3.63) is 29.1 Å². The molecule has 1 aliphatic rings. The van der Waals surface area contributed by atoms with Gasteiger partial charge in [0, 0.05) is 9.58 Å². The van der Waals surface area contributed by atoms with Gasteiger partial charge in [0.1, 0.15) is 0 Å². The summed E-state index contributed by atoms with van der Waals surface area (Å²) in [5, 5.41) is 10.3. The van der Waals surface area contributed by atoms with E-state index in [9.17, 15) is 5.11 Å². The molecule has 0 amide bonds. The van der Waals surface area contributed by atoms with Crippen LogP contribution in [0.5, 0.6) is 0 Å². The Kier molecular flexibility index (Phi) is 3.21. The fourth-order valence-corrected chi connectivity index (χ4v) is 3.23. The van der Waals surface area contributed by atoms with Crippen LogP contribution in [0.15, 0.2) is 24.3 Å². The summed E-state index contributed by atoms with van der Waals surface area (Å²) >= 11 is 1.62. The molecule has 0 saturated carbocycles. The van der Waals surface area contributed by atoms with Gasteiger partial charge in [0.05, 0.1) is 17.8 Å². The first-order chi connectivity index (χ1) is 9.32. The molecule has 1 aliphatic heterocycles. The van der Waals surface area contributed by atoms with E-state index >= 15 is 0 Å². The lowest BCUT2D eigenvalue weighted by Gasteiger charge is -2.32. The predicted molar refractivity (Wildman–Crippen MR) is 83.5 cm³/mol. The number of thiophene rings is 1. The Balaban J connectivity index is 1.95. The van der Waals surface area contributed by atoms with Crippen molar-refractivity contribution in [1.29, 1.82) is 0 Å². The summed E-state index contributed by atoms with van der Waals surface area (Å²) in [7, 11) is -0.332. The lowest BCUT2D eigenvalue weighted by atomic mass is 9.79. The fourth-order valence-electron chi connectivity index (χ4n) is 2.32. The molecule has 1 N–H and O–H groups in total. The first-order valence-electron chi connectivity index (χ1n) is 6.81. The summed E-state index contributed by atoms with van der Waals surface area (Å²) in [6.07, 6.45) is 0. The van der Waals surface area contributed by atoms with Gasteiger partial charge >= 0.3 is 7.12 Å². The molecular weight excluding hydrogens is 271 g/mol. The van der Waals surface area contributed by atoms with E-state index in [1.165, 1.54) is 4.70 Å². The first-order valence-corrected chi connectivity index (χ1v) is 7.63. The molecule has 20 heavy (non-hydrogen) atoms. The van der Waals surface area contributed by atoms with Crippen LogP contribution in [0.25, 0.3) is 10.1 Å². The minimum Gasteiger partial charge on any atom is -0.399 e. The molecule has 1 fully saturated rings. The van der Waals surface area contributed by atoms with Crippen LogP contribution in [0, 0.1) is 0 Å². The molecule has 3 nitrogen and oxygen atoms in total. The van der Waals surface area contributed by atoms with Crippen molar-refractivity contribution >= 4 is 34.0 Å². The van der Waals surface area contributed by atoms with Crippen molar-refractivity contribution in [2.24, 2.45) is 0 Å². The largest absolute Gasteiger partial charge is 0.494 e. The summed E-state index contributed by atoms with van der Waals surface area (Å²) < 4.78 is 13.3. The molecule has 3 rings (SSSR count). The van der Waals surface area contributed by atoms with Gasteiger partial charge in [0.2, 0.25) is 0 Å². The van der Waals surface area contributed by atoms with Crippen molar-refractivity contribution in [2.45, 2.75) is 45.5 Å². The minimum atomic E-state index is -0.332. The van der Waals surface area contributed by atoms with Crippen molar-refractivity contribution in [3.63, 3.8) is 0 Å². The van der Waals surface area contributed by atoms with Gasteiger partial charge in [-0.25, -0.2) is 0 Å². The fraction of sp³-hybridized carbons (Fsp3) is 0.467. The number of hydrogen-bond acceptors (Lipinski definition) is 4. The Hall–Kier alpha value is -0.875. The minimum absolute atomic E-state index is 0.0885.